The minimum Gasteiger partial charge on any atom is -0.367 e. The SMILES string of the molecule is Clc1ccccc1N1CCN(c2ncccc2CBr)CC1. The molecule has 0 saturated carbocycles. The van der Waals surface area contributed by atoms with E-state index in [1.165, 1.54) is 5.56 Å². The molecule has 5 heteroatoms. The standard InChI is InChI=1S/C16H17BrClN3/c17-12-13-4-3-7-19-16(13)21-10-8-20(9-11-21)15-6-2-1-5-14(15)18/h1-7H,8-12H2. The number of nitrogens with zero attached hydrogens (tertiary/aromatic N) is 3. The van der Waals surface area contributed by atoms with E-state index < -0.39 is 0 Å². The van der Waals surface area contributed by atoms with Gasteiger partial charge in [-0.3, -0.25) is 0 Å². The van der Waals surface area contributed by atoms with Crippen molar-refractivity contribution < 1.29 is 0 Å². The zero-order valence-corrected chi connectivity index (χ0v) is 14.0. The van der Waals surface area contributed by atoms with Gasteiger partial charge >= 0.3 is 0 Å². The second-order valence-corrected chi connectivity index (χ2v) is 6.01. The molecule has 1 fully saturated rings. The maximum absolute atomic E-state index is 6.28. The summed E-state index contributed by atoms with van der Waals surface area (Å²) in [6, 6.07) is 12.2. The smallest absolute Gasteiger partial charge is 0.132 e. The van der Waals surface area contributed by atoms with Gasteiger partial charge in [0.2, 0.25) is 0 Å². The quantitative estimate of drug-likeness (QED) is 0.767. The fraction of sp³-hybridized carbons (Fsp3) is 0.312. The summed E-state index contributed by atoms with van der Waals surface area (Å²) >= 11 is 9.82. The molecule has 2 aromatic rings. The van der Waals surface area contributed by atoms with Crippen LogP contribution >= 0.6 is 27.5 Å². The number of piperazine rings is 1. The van der Waals surface area contributed by atoms with E-state index in [-0.39, 0.29) is 0 Å². The Balaban J connectivity index is 1.72. The third-order valence-electron chi connectivity index (χ3n) is 3.78. The number of para-hydroxylation sites is 1. The van der Waals surface area contributed by atoms with Crippen molar-refractivity contribution in [3.05, 3.63) is 53.2 Å². The molecule has 0 spiro atoms. The first-order valence-electron chi connectivity index (χ1n) is 7.04. The van der Waals surface area contributed by atoms with Crippen molar-refractivity contribution in [1.29, 1.82) is 0 Å². The van der Waals surface area contributed by atoms with Gasteiger partial charge in [-0.2, -0.15) is 0 Å². The van der Waals surface area contributed by atoms with Crippen LogP contribution in [0.3, 0.4) is 0 Å². The van der Waals surface area contributed by atoms with Gasteiger partial charge in [-0.05, 0) is 18.2 Å². The molecule has 0 radical (unpaired) electrons. The van der Waals surface area contributed by atoms with Crippen LogP contribution < -0.4 is 9.80 Å². The van der Waals surface area contributed by atoms with Crippen LogP contribution in [0.2, 0.25) is 5.02 Å². The molecule has 21 heavy (non-hydrogen) atoms. The molecular weight excluding hydrogens is 350 g/mol. The van der Waals surface area contributed by atoms with E-state index in [1.807, 2.05) is 30.5 Å². The number of hydrogen-bond donors (Lipinski definition) is 0. The van der Waals surface area contributed by atoms with Crippen molar-refractivity contribution in [2.24, 2.45) is 0 Å². The number of anilines is 2. The lowest BCUT2D eigenvalue weighted by molar-refractivity contribution is 0.646. The Morgan fingerprint density at radius 2 is 1.71 bits per heavy atom. The zero-order chi connectivity index (χ0) is 14.7. The predicted molar refractivity (Wildman–Crippen MR) is 92.7 cm³/mol. The second-order valence-electron chi connectivity index (χ2n) is 5.05. The fourth-order valence-corrected chi connectivity index (χ4v) is 3.38. The van der Waals surface area contributed by atoms with E-state index in [0.29, 0.717) is 0 Å². The molecule has 0 amide bonds. The van der Waals surface area contributed by atoms with Crippen LogP contribution in [0.25, 0.3) is 0 Å². The first-order chi connectivity index (χ1) is 10.3. The van der Waals surface area contributed by atoms with E-state index in [4.69, 9.17) is 11.6 Å². The highest BCUT2D eigenvalue weighted by atomic mass is 79.9. The average Bonchev–Trinajstić information content (AvgIpc) is 2.55. The van der Waals surface area contributed by atoms with Gasteiger partial charge in [0.05, 0.1) is 10.7 Å². The Morgan fingerprint density at radius 1 is 1.00 bits per heavy atom. The summed E-state index contributed by atoms with van der Waals surface area (Å²) in [6.07, 6.45) is 1.86. The van der Waals surface area contributed by atoms with Gasteiger partial charge in [-0.15, -0.1) is 0 Å². The van der Waals surface area contributed by atoms with Crippen LogP contribution in [0.1, 0.15) is 5.56 Å². The molecular formula is C16H17BrClN3. The molecule has 3 nitrogen and oxygen atoms in total. The predicted octanol–water partition coefficient (Wildman–Crippen LogP) is 3.96. The highest BCUT2D eigenvalue weighted by molar-refractivity contribution is 9.08. The maximum atomic E-state index is 6.28. The van der Waals surface area contributed by atoms with E-state index in [0.717, 1.165) is 48.0 Å². The number of alkyl halides is 1. The lowest BCUT2D eigenvalue weighted by Gasteiger charge is -2.37. The van der Waals surface area contributed by atoms with Crippen LogP contribution in [0.4, 0.5) is 11.5 Å². The van der Waals surface area contributed by atoms with Gasteiger partial charge in [0.1, 0.15) is 5.82 Å². The third-order valence-corrected chi connectivity index (χ3v) is 4.71. The molecule has 3 rings (SSSR count). The summed E-state index contributed by atoms with van der Waals surface area (Å²) in [5, 5.41) is 1.66. The van der Waals surface area contributed by atoms with Crippen LogP contribution in [0, 0.1) is 0 Å². The Bertz CT molecular complexity index is 612. The van der Waals surface area contributed by atoms with Crippen molar-refractivity contribution in [2.75, 3.05) is 36.0 Å². The summed E-state index contributed by atoms with van der Waals surface area (Å²) in [5.41, 5.74) is 2.37. The molecule has 0 unspecified atom stereocenters. The number of benzene rings is 1. The molecule has 2 heterocycles. The molecule has 0 atom stereocenters. The number of pyridine rings is 1. The molecule has 0 bridgehead atoms. The number of hydrogen-bond acceptors (Lipinski definition) is 3. The molecule has 0 aliphatic carbocycles. The van der Waals surface area contributed by atoms with Crippen molar-refractivity contribution in [3.8, 4) is 0 Å². The van der Waals surface area contributed by atoms with Crippen LogP contribution in [0.15, 0.2) is 42.6 Å². The summed E-state index contributed by atoms with van der Waals surface area (Å²) in [4.78, 5) is 9.23. The molecule has 1 aromatic carbocycles. The van der Waals surface area contributed by atoms with Crippen molar-refractivity contribution in [1.82, 2.24) is 4.98 Å². The molecule has 1 aliphatic rings. The molecule has 1 saturated heterocycles. The second kappa shape index (κ2) is 6.67. The zero-order valence-electron chi connectivity index (χ0n) is 11.7. The molecule has 0 N–H and O–H groups in total. The van der Waals surface area contributed by atoms with Gasteiger partial charge in [0.25, 0.3) is 0 Å². The summed E-state index contributed by atoms with van der Waals surface area (Å²) in [6.45, 7) is 3.84. The fourth-order valence-electron chi connectivity index (χ4n) is 2.69. The highest BCUT2D eigenvalue weighted by Crippen LogP contribution is 2.27. The monoisotopic (exact) mass is 365 g/mol. The number of rotatable bonds is 3. The summed E-state index contributed by atoms with van der Waals surface area (Å²) in [7, 11) is 0. The highest BCUT2D eigenvalue weighted by Gasteiger charge is 2.21. The van der Waals surface area contributed by atoms with E-state index >= 15 is 0 Å². The van der Waals surface area contributed by atoms with Crippen LogP contribution in [0.5, 0.6) is 0 Å². The van der Waals surface area contributed by atoms with E-state index in [2.05, 4.69) is 42.8 Å². The van der Waals surface area contributed by atoms with E-state index in [1.54, 1.807) is 0 Å². The lowest BCUT2D eigenvalue weighted by atomic mass is 10.2. The minimum atomic E-state index is 0.824. The van der Waals surface area contributed by atoms with Crippen LogP contribution in [-0.2, 0) is 5.33 Å². The molecule has 1 aliphatic heterocycles. The van der Waals surface area contributed by atoms with Gasteiger partial charge < -0.3 is 9.80 Å². The normalized spacial score (nSPS) is 15.3. The first-order valence-corrected chi connectivity index (χ1v) is 8.54. The van der Waals surface area contributed by atoms with Crippen LogP contribution in [-0.4, -0.2) is 31.2 Å². The largest absolute Gasteiger partial charge is 0.367 e. The Kier molecular flexibility index (Phi) is 4.66. The van der Waals surface area contributed by atoms with E-state index in [9.17, 15) is 0 Å². The van der Waals surface area contributed by atoms with Crippen molar-refractivity contribution in [3.63, 3.8) is 0 Å². The average molecular weight is 367 g/mol. The Hall–Kier alpha value is -1.26. The molecule has 1 aromatic heterocycles. The van der Waals surface area contributed by atoms with Crippen molar-refractivity contribution >= 4 is 39.0 Å². The number of halogens is 2. The topological polar surface area (TPSA) is 19.4 Å². The Morgan fingerprint density at radius 3 is 2.43 bits per heavy atom. The third kappa shape index (κ3) is 3.16. The number of aromatic nitrogens is 1. The van der Waals surface area contributed by atoms with Gasteiger partial charge in [0, 0.05) is 43.3 Å². The molecule has 110 valence electrons. The summed E-state index contributed by atoms with van der Waals surface area (Å²) < 4.78 is 0. The first kappa shape index (κ1) is 14.7. The van der Waals surface area contributed by atoms with Crippen molar-refractivity contribution in [2.45, 2.75) is 5.33 Å². The summed E-state index contributed by atoms with van der Waals surface area (Å²) in [5.74, 6) is 1.09. The minimum absolute atomic E-state index is 0.824. The lowest BCUT2D eigenvalue weighted by Crippen LogP contribution is -2.47. The Labute approximate surface area is 138 Å². The van der Waals surface area contributed by atoms with Gasteiger partial charge in [-0.25, -0.2) is 4.98 Å². The van der Waals surface area contributed by atoms with Gasteiger partial charge in [0.15, 0.2) is 0 Å². The van der Waals surface area contributed by atoms with Gasteiger partial charge in [-0.1, -0.05) is 45.7 Å². The maximum Gasteiger partial charge on any atom is 0.132 e.